The van der Waals surface area contributed by atoms with Gasteiger partial charge in [0.05, 0.1) is 24.1 Å². The van der Waals surface area contributed by atoms with Crippen LogP contribution in [0.3, 0.4) is 0 Å². The molecule has 8 heteroatoms. The molecule has 2 aromatic carbocycles. The van der Waals surface area contributed by atoms with Crippen molar-refractivity contribution >= 4 is 33.7 Å². The highest BCUT2D eigenvalue weighted by Gasteiger charge is 2.35. The molecular formula is C26H31BrN2O5. The molecule has 1 fully saturated rings. The van der Waals surface area contributed by atoms with E-state index in [-0.39, 0.29) is 24.8 Å². The highest BCUT2D eigenvalue weighted by atomic mass is 79.9. The first-order chi connectivity index (χ1) is 16.3. The Morgan fingerprint density at radius 3 is 2.62 bits per heavy atom. The van der Waals surface area contributed by atoms with Crippen LogP contribution in [0, 0.1) is 5.92 Å². The molecule has 2 amide bonds. The van der Waals surface area contributed by atoms with E-state index in [9.17, 15) is 14.4 Å². The van der Waals surface area contributed by atoms with Crippen LogP contribution in [-0.4, -0.2) is 55.0 Å². The Kier molecular flexibility index (Phi) is 9.51. The van der Waals surface area contributed by atoms with Gasteiger partial charge in [-0.25, -0.2) is 0 Å². The quantitative estimate of drug-likeness (QED) is 0.469. The van der Waals surface area contributed by atoms with Gasteiger partial charge in [0.25, 0.3) is 5.91 Å². The third-order valence-electron chi connectivity index (χ3n) is 5.58. The molecule has 7 nitrogen and oxygen atoms in total. The average Bonchev–Trinajstić information content (AvgIpc) is 2.81. The average molecular weight is 531 g/mol. The minimum atomic E-state index is -0.911. The minimum absolute atomic E-state index is 0.191. The minimum Gasteiger partial charge on any atom is -0.492 e. The Morgan fingerprint density at radius 2 is 1.91 bits per heavy atom. The van der Waals surface area contributed by atoms with Crippen LogP contribution in [0.15, 0.2) is 53.0 Å². The van der Waals surface area contributed by atoms with Gasteiger partial charge in [0.1, 0.15) is 11.8 Å². The molecule has 1 N–H and O–H groups in total. The van der Waals surface area contributed by atoms with E-state index in [1.807, 2.05) is 30.3 Å². The smallest absolute Gasteiger partial charge is 0.308 e. The Balaban J connectivity index is 1.61. The second kappa shape index (κ2) is 12.6. The van der Waals surface area contributed by atoms with Crippen LogP contribution in [0.25, 0.3) is 0 Å². The molecule has 0 spiro atoms. The van der Waals surface area contributed by atoms with Crippen LogP contribution in [0.1, 0.15) is 42.6 Å². The molecule has 0 radical (unpaired) electrons. The van der Waals surface area contributed by atoms with E-state index in [0.717, 1.165) is 12.0 Å². The molecule has 2 aromatic rings. The molecule has 0 bridgehead atoms. The van der Waals surface area contributed by atoms with Crippen molar-refractivity contribution in [2.45, 2.75) is 39.2 Å². The SMILES string of the molecule is CC(C)CCOc1ccc(C(=O)N2CCNC(=O)C2CC(=O)OCCc2ccccc2)cc1Br. The van der Waals surface area contributed by atoms with Gasteiger partial charge in [0.15, 0.2) is 0 Å². The van der Waals surface area contributed by atoms with E-state index in [1.54, 1.807) is 18.2 Å². The number of hydrogen-bond donors (Lipinski definition) is 1. The van der Waals surface area contributed by atoms with Gasteiger partial charge in [-0.2, -0.15) is 0 Å². The third kappa shape index (κ3) is 7.32. The number of carbonyl (C=O) groups is 3. The lowest BCUT2D eigenvalue weighted by Gasteiger charge is -2.34. The number of ether oxygens (including phenoxy) is 2. The van der Waals surface area contributed by atoms with Crippen molar-refractivity contribution in [2.75, 3.05) is 26.3 Å². The van der Waals surface area contributed by atoms with Gasteiger partial charge in [-0.1, -0.05) is 44.2 Å². The number of nitrogens with zero attached hydrogens (tertiary/aromatic N) is 1. The van der Waals surface area contributed by atoms with E-state index in [1.165, 1.54) is 4.90 Å². The highest BCUT2D eigenvalue weighted by molar-refractivity contribution is 9.10. The van der Waals surface area contributed by atoms with Crippen LogP contribution in [0.5, 0.6) is 5.75 Å². The summed E-state index contributed by atoms with van der Waals surface area (Å²) < 4.78 is 11.8. The summed E-state index contributed by atoms with van der Waals surface area (Å²) in [7, 11) is 0. The first kappa shape index (κ1) is 25.7. The molecule has 1 aliphatic heterocycles. The zero-order valence-corrected chi connectivity index (χ0v) is 21.2. The van der Waals surface area contributed by atoms with Crippen molar-refractivity contribution in [1.29, 1.82) is 0 Å². The van der Waals surface area contributed by atoms with E-state index in [4.69, 9.17) is 9.47 Å². The maximum atomic E-state index is 13.2. The van der Waals surface area contributed by atoms with Crippen LogP contribution in [0.4, 0.5) is 0 Å². The van der Waals surface area contributed by atoms with Gasteiger partial charge >= 0.3 is 5.97 Å². The van der Waals surface area contributed by atoms with Crippen molar-refractivity contribution in [1.82, 2.24) is 10.2 Å². The van der Waals surface area contributed by atoms with E-state index in [2.05, 4.69) is 35.1 Å². The Hall–Kier alpha value is -2.87. The van der Waals surface area contributed by atoms with Gasteiger partial charge in [0, 0.05) is 25.1 Å². The highest BCUT2D eigenvalue weighted by Crippen LogP contribution is 2.27. The molecule has 182 valence electrons. The summed E-state index contributed by atoms with van der Waals surface area (Å²) in [5.74, 6) is 0.0171. The number of piperazine rings is 1. The van der Waals surface area contributed by atoms with Gasteiger partial charge in [-0.3, -0.25) is 14.4 Å². The fourth-order valence-electron chi connectivity index (χ4n) is 3.63. The maximum Gasteiger partial charge on any atom is 0.308 e. The summed E-state index contributed by atoms with van der Waals surface area (Å²) in [5, 5.41) is 2.74. The van der Waals surface area contributed by atoms with Crippen molar-refractivity contribution < 1.29 is 23.9 Å². The monoisotopic (exact) mass is 530 g/mol. The number of hydrogen-bond acceptors (Lipinski definition) is 5. The standard InChI is InChI=1S/C26H31BrN2O5/c1-18(2)10-14-33-23-9-8-20(16-21(23)27)26(32)29-13-12-28-25(31)22(29)17-24(30)34-15-11-19-6-4-3-5-7-19/h3-9,16,18,22H,10-15,17H2,1-2H3,(H,28,31). The lowest BCUT2D eigenvalue weighted by molar-refractivity contribution is -0.147. The summed E-state index contributed by atoms with van der Waals surface area (Å²) in [6.45, 7) is 5.72. The fraction of sp³-hybridized carbons (Fsp3) is 0.423. The zero-order chi connectivity index (χ0) is 24.5. The second-order valence-electron chi connectivity index (χ2n) is 8.64. The zero-order valence-electron chi connectivity index (χ0n) is 19.6. The molecule has 0 aromatic heterocycles. The summed E-state index contributed by atoms with van der Waals surface area (Å²) in [4.78, 5) is 39.6. The number of carbonyl (C=O) groups excluding carboxylic acids is 3. The van der Waals surface area contributed by atoms with Gasteiger partial charge in [-0.05, 0) is 52.0 Å². The Bertz CT molecular complexity index is 996. The number of rotatable bonds is 10. The van der Waals surface area contributed by atoms with Crippen molar-refractivity contribution in [3.63, 3.8) is 0 Å². The van der Waals surface area contributed by atoms with Crippen LogP contribution < -0.4 is 10.1 Å². The van der Waals surface area contributed by atoms with Crippen molar-refractivity contribution in [3.8, 4) is 5.75 Å². The molecule has 1 saturated heterocycles. The van der Waals surface area contributed by atoms with Gasteiger partial charge < -0.3 is 19.7 Å². The molecule has 3 rings (SSSR count). The molecule has 1 heterocycles. The topological polar surface area (TPSA) is 84.9 Å². The van der Waals surface area contributed by atoms with Crippen molar-refractivity contribution in [3.05, 3.63) is 64.1 Å². The summed E-state index contributed by atoms with van der Waals surface area (Å²) in [6.07, 6.45) is 1.33. The molecule has 0 saturated carbocycles. The Morgan fingerprint density at radius 1 is 1.15 bits per heavy atom. The molecule has 0 aliphatic carbocycles. The van der Waals surface area contributed by atoms with Crippen LogP contribution in [-0.2, 0) is 20.7 Å². The lowest BCUT2D eigenvalue weighted by atomic mass is 10.1. The Labute approximate surface area is 208 Å². The molecular weight excluding hydrogens is 500 g/mol. The summed E-state index contributed by atoms with van der Waals surface area (Å²) >= 11 is 3.47. The van der Waals surface area contributed by atoms with E-state index < -0.39 is 12.0 Å². The predicted octanol–water partition coefficient (Wildman–Crippen LogP) is 3.99. The molecule has 34 heavy (non-hydrogen) atoms. The fourth-order valence-corrected chi connectivity index (χ4v) is 4.12. The van der Waals surface area contributed by atoms with E-state index >= 15 is 0 Å². The molecule has 1 aliphatic rings. The van der Waals surface area contributed by atoms with E-state index in [0.29, 0.717) is 47.8 Å². The third-order valence-corrected chi connectivity index (χ3v) is 6.20. The number of amides is 2. The predicted molar refractivity (Wildman–Crippen MR) is 133 cm³/mol. The largest absolute Gasteiger partial charge is 0.492 e. The summed E-state index contributed by atoms with van der Waals surface area (Å²) in [6, 6.07) is 13.9. The van der Waals surface area contributed by atoms with Crippen molar-refractivity contribution in [2.24, 2.45) is 5.92 Å². The molecule has 1 unspecified atom stereocenters. The number of nitrogens with one attached hydrogen (secondary N) is 1. The summed E-state index contributed by atoms with van der Waals surface area (Å²) in [5.41, 5.74) is 1.48. The second-order valence-corrected chi connectivity index (χ2v) is 9.50. The normalized spacial score (nSPS) is 15.7. The first-order valence-electron chi connectivity index (χ1n) is 11.6. The van der Waals surface area contributed by atoms with Crippen LogP contribution >= 0.6 is 15.9 Å². The number of benzene rings is 2. The first-order valence-corrected chi connectivity index (χ1v) is 12.3. The maximum absolute atomic E-state index is 13.2. The van der Waals surface area contributed by atoms with Gasteiger partial charge in [-0.15, -0.1) is 0 Å². The lowest BCUT2D eigenvalue weighted by Crippen LogP contribution is -2.57. The molecule has 1 atom stereocenters. The number of halogens is 1. The van der Waals surface area contributed by atoms with Crippen LogP contribution in [0.2, 0.25) is 0 Å². The number of esters is 1. The van der Waals surface area contributed by atoms with Gasteiger partial charge in [0.2, 0.25) is 5.91 Å².